The summed E-state index contributed by atoms with van der Waals surface area (Å²) in [6.45, 7) is 9.47. The second-order valence-corrected chi connectivity index (χ2v) is 4.48. The van der Waals surface area contributed by atoms with Gasteiger partial charge in [0.15, 0.2) is 0 Å². The van der Waals surface area contributed by atoms with E-state index in [-0.39, 0.29) is 5.97 Å². The van der Waals surface area contributed by atoms with Crippen LogP contribution in [-0.2, 0) is 17.7 Å². The molecule has 0 aliphatic rings. The Kier molecular flexibility index (Phi) is 5.19. The summed E-state index contributed by atoms with van der Waals surface area (Å²) in [6, 6.07) is 0. The summed E-state index contributed by atoms with van der Waals surface area (Å²) in [7, 11) is 0. The largest absolute Gasteiger partial charge is 0.462 e. The van der Waals surface area contributed by atoms with Crippen molar-refractivity contribution in [2.45, 2.75) is 47.1 Å². The molecule has 0 atom stereocenters. The summed E-state index contributed by atoms with van der Waals surface area (Å²) >= 11 is 0. The quantitative estimate of drug-likeness (QED) is 0.716. The highest BCUT2D eigenvalue weighted by atomic mass is 16.5. The van der Waals surface area contributed by atoms with Crippen molar-refractivity contribution >= 4 is 5.97 Å². The molecule has 0 unspecified atom stereocenters. The predicted molar refractivity (Wildman–Crippen MR) is 67.0 cm³/mol. The Hall–Kier alpha value is -1.32. The number of carbonyl (C=O) groups excluding carboxylic acids is 1. The van der Waals surface area contributed by atoms with Gasteiger partial charge in [0.05, 0.1) is 18.5 Å². The molecule has 0 radical (unpaired) electrons. The third-order valence-corrected chi connectivity index (χ3v) is 2.70. The summed E-state index contributed by atoms with van der Waals surface area (Å²) in [5.74, 6) is 0.370. The molecular weight excluding hydrogens is 216 g/mol. The monoisotopic (exact) mass is 238 g/mol. The molecule has 0 aliphatic carbocycles. The number of nitrogens with zero attached hydrogens (tertiary/aromatic N) is 2. The zero-order chi connectivity index (χ0) is 12.8. The van der Waals surface area contributed by atoms with Gasteiger partial charge in [-0.1, -0.05) is 20.8 Å². The second kappa shape index (κ2) is 6.42. The third kappa shape index (κ3) is 3.58. The molecule has 1 aromatic rings. The zero-order valence-electron chi connectivity index (χ0n) is 11.2. The highest BCUT2D eigenvalue weighted by Crippen LogP contribution is 2.13. The molecule has 0 fully saturated rings. The van der Waals surface area contributed by atoms with Crippen LogP contribution in [0.5, 0.6) is 0 Å². The standard InChI is InChI=1S/C13H22N2O2/c1-5-12-11(13(16)17-6-2)9-14-15(12)8-7-10(3)4/h9-10H,5-8H2,1-4H3. The highest BCUT2D eigenvalue weighted by molar-refractivity contribution is 5.90. The summed E-state index contributed by atoms with van der Waals surface area (Å²) in [5.41, 5.74) is 1.59. The highest BCUT2D eigenvalue weighted by Gasteiger charge is 2.16. The minimum absolute atomic E-state index is 0.264. The summed E-state index contributed by atoms with van der Waals surface area (Å²) in [6.07, 6.45) is 3.49. The number of esters is 1. The van der Waals surface area contributed by atoms with E-state index in [4.69, 9.17) is 4.74 Å². The van der Waals surface area contributed by atoms with Gasteiger partial charge in [0.2, 0.25) is 0 Å². The number of hydrogen-bond donors (Lipinski definition) is 0. The lowest BCUT2D eigenvalue weighted by Gasteiger charge is -2.09. The van der Waals surface area contributed by atoms with Crippen LogP contribution in [0.1, 0.15) is 50.2 Å². The average Bonchev–Trinajstić information content (AvgIpc) is 2.69. The number of ether oxygens (including phenoxy) is 1. The van der Waals surface area contributed by atoms with E-state index in [9.17, 15) is 4.79 Å². The van der Waals surface area contributed by atoms with Gasteiger partial charge in [-0.25, -0.2) is 4.79 Å². The van der Waals surface area contributed by atoms with Crippen molar-refractivity contribution in [2.75, 3.05) is 6.61 Å². The molecule has 1 aromatic heterocycles. The van der Waals surface area contributed by atoms with Gasteiger partial charge in [-0.2, -0.15) is 5.10 Å². The first-order chi connectivity index (χ1) is 8.10. The Labute approximate surface area is 103 Å². The maximum absolute atomic E-state index is 11.7. The molecule has 0 saturated carbocycles. The molecule has 0 bridgehead atoms. The van der Waals surface area contributed by atoms with E-state index in [1.165, 1.54) is 0 Å². The Balaban J connectivity index is 2.83. The third-order valence-electron chi connectivity index (χ3n) is 2.70. The van der Waals surface area contributed by atoms with E-state index in [0.29, 0.717) is 18.1 Å². The van der Waals surface area contributed by atoms with Gasteiger partial charge in [-0.3, -0.25) is 4.68 Å². The number of carbonyl (C=O) groups is 1. The lowest BCUT2D eigenvalue weighted by molar-refractivity contribution is 0.0525. The van der Waals surface area contributed by atoms with Crippen molar-refractivity contribution in [3.05, 3.63) is 17.5 Å². The molecule has 17 heavy (non-hydrogen) atoms. The molecule has 0 aromatic carbocycles. The maximum atomic E-state index is 11.7. The van der Waals surface area contributed by atoms with E-state index < -0.39 is 0 Å². The SMILES string of the molecule is CCOC(=O)c1cnn(CCC(C)C)c1CC. The van der Waals surface area contributed by atoms with Crippen LogP contribution in [0.15, 0.2) is 6.20 Å². The fraction of sp³-hybridized carbons (Fsp3) is 0.692. The van der Waals surface area contributed by atoms with E-state index in [1.54, 1.807) is 6.20 Å². The van der Waals surface area contributed by atoms with Gasteiger partial charge in [0.1, 0.15) is 5.56 Å². The van der Waals surface area contributed by atoms with Crippen LogP contribution in [0, 0.1) is 5.92 Å². The van der Waals surface area contributed by atoms with Crippen molar-refractivity contribution in [1.82, 2.24) is 9.78 Å². The Bertz CT molecular complexity index is 369. The van der Waals surface area contributed by atoms with Crippen LogP contribution in [0.4, 0.5) is 0 Å². The van der Waals surface area contributed by atoms with Crippen LogP contribution >= 0.6 is 0 Å². The fourth-order valence-electron chi connectivity index (χ4n) is 1.74. The number of hydrogen-bond acceptors (Lipinski definition) is 3. The first-order valence-electron chi connectivity index (χ1n) is 6.31. The van der Waals surface area contributed by atoms with Crippen molar-refractivity contribution in [2.24, 2.45) is 5.92 Å². The molecule has 0 aliphatic heterocycles. The van der Waals surface area contributed by atoms with Crippen molar-refractivity contribution < 1.29 is 9.53 Å². The van der Waals surface area contributed by atoms with Crippen molar-refractivity contribution in [3.8, 4) is 0 Å². The minimum atomic E-state index is -0.264. The van der Waals surface area contributed by atoms with Crippen LogP contribution < -0.4 is 0 Å². The molecule has 1 rings (SSSR count). The molecule has 96 valence electrons. The first kappa shape index (κ1) is 13.7. The van der Waals surface area contributed by atoms with E-state index in [2.05, 4.69) is 18.9 Å². The lowest BCUT2D eigenvalue weighted by atomic mass is 10.1. The smallest absolute Gasteiger partial charge is 0.341 e. The van der Waals surface area contributed by atoms with Gasteiger partial charge in [0.25, 0.3) is 0 Å². The van der Waals surface area contributed by atoms with E-state index >= 15 is 0 Å². The predicted octanol–water partition coefficient (Wildman–Crippen LogP) is 2.67. The molecule has 4 heteroatoms. The van der Waals surface area contributed by atoms with Crippen molar-refractivity contribution in [1.29, 1.82) is 0 Å². The number of aromatic nitrogens is 2. The Morgan fingerprint density at radius 1 is 1.47 bits per heavy atom. The van der Waals surface area contributed by atoms with Crippen LogP contribution in [0.3, 0.4) is 0 Å². The average molecular weight is 238 g/mol. The maximum Gasteiger partial charge on any atom is 0.341 e. The van der Waals surface area contributed by atoms with Gasteiger partial charge in [0, 0.05) is 6.54 Å². The fourth-order valence-corrected chi connectivity index (χ4v) is 1.74. The second-order valence-electron chi connectivity index (χ2n) is 4.48. The van der Waals surface area contributed by atoms with Gasteiger partial charge < -0.3 is 4.74 Å². The van der Waals surface area contributed by atoms with Gasteiger partial charge in [-0.15, -0.1) is 0 Å². The first-order valence-corrected chi connectivity index (χ1v) is 6.31. The summed E-state index contributed by atoms with van der Waals surface area (Å²) in [5, 5.41) is 4.28. The molecule has 1 heterocycles. The van der Waals surface area contributed by atoms with Gasteiger partial charge in [-0.05, 0) is 25.7 Å². The zero-order valence-corrected chi connectivity index (χ0v) is 11.2. The van der Waals surface area contributed by atoms with Crippen LogP contribution in [0.25, 0.3) is 0 Å². The summed E-state index contributed by atoms with van der Waals surface area (Å²) in [4.78, 5) is 11.7. The normalized spacial score (nSPS) is 10.9. The van der Waals surface area contributed by atoms with Crippen LogP contribution in [-0.4, -0.2) is 22.4 Å². The molecular formula is C13H22N2O2. The Morgan fingerprint density at radius 3 is 2.71 bits per heavy atom. The molecule has 4 nitrogen and oxygen atoms in total. The number of rotatable bonds is 6. The lowest BCUT2D eigenvalue weighted by Crippen LogP contribution is -2.11. The molecule has 0 spiro atoms. The van der Waals surface area contributed by atoms with Crippen LogP contribution in [0.2, 0.25) is 0 Å². The Morgan fingerprint density at radius 2 is 2.18 bits per heavy atom. The molecule has 0 saturated heterocycles. The topological polar surface area (TPSA) is 44.1 Å². The van der Waals surface area contributed by atoms with Crippen molar-refractivity contribution in [3.63, 3.8) is 0 Å². The molecule has 0 amide bonds. The minimum Gasteiger partial charge on any atom is -0.462 e. The van der Waals surface area contributed by atoms with Gasteiger partial charge >= 0.3 is 5.97 Å². The summed E-state index contributed by atoms with van der Waals surface area (Å²) < 4.78 is 6.94. The van der Waals surface area contributed by atoms with E-state index in [1.807, 2.05) is 18.5 Å². The number of aryl methyl sites for hydroxylation is 1. The molecule has 0 N–H and O–H groups in total. The van der Waals surface area contributed by atoms with E-state index in [0.717, 1.165) is 25.1 Å².